The van der Waals surface area contributed by atoms with Crippen LogP contribution < -0.4 is 4.90 Å². The third-order valence-corrected chi connectivity index (χ3v) is 3.54. The second-order valence-electron chi connectivity index (χ2n) is 5.29. The van der Waals surface area contributed by atoms with Crippen LogP contribution >= 0.6 is 12.2 Å². The number of rotatable bonds is 7. The van der Waals surface area contributed by atoms with E-state index in [1.54, 1.807) is 0 Å². The van der Waals surface area contributed by atoms with Crippen LogP contribution in [-0.4, -0.2) is 53.4 Å². The van der Waals surface area contributed by atoms with Gasteiger partial charge in [-0.25, -0.2) is 5.10 Å². The standard InChI is InChI=1S/C15H23N5S/c1-4-10-19(12-11-18(2)3)14-16-17-15(21)20(14)13-8-6-5-7-9-13/h5-9H,4,10-12H2,1-3H3,(H,17,21). The number of aromatic nitrogens is 3. The molecular weight excluding hydrogens is 282 g/mol. The first-order valence-electron chi connectivity index (χ1n) is 7.26. The van der Waals surface area contributed by atoms with Crippen LogP contribution in [0.25, 0.3) is 5.69 Å². The highest BCUT2D eigenvalue weighted by Crippen LogP contribution is 2.18. The Balaban J connectivity index is 2.35. The highest BCUT2D eigenvalue weighted by molar-refractivity contribution is 7.71. The van der Waals surface area contributed by atoms with Gasteiger partial charge in [-0.2, -0.15) is 0 Å². The minimum Gasteiger partial charge on any atom is -0.339 e. The zero-order valence-corrected chi connectivity index (χ0v) is 13.7. The van der Waals surface area contributed by atoms with Crippen molar-refractivity contribution in [2.45, 2.75) is 13.3 Å². The predicted molar refractivity (Wildman–Crippen MR) is 89.8 cm³/mol. The van der Waals surface area contributed by atoms with Gasteiger partial charge >= 0.3 is 0 Å². The van der Waals surface area contributed by atoms with Gasteiger partial charge in [0.15, 0.2) is 0 Å². The highest BCUT2D eigenvalue weighted by Gasteiger charge is 2.15. The van der Waals surface area contributed by atoms with Crippen LogP contribution in [0.15, 0.2) is 30.3 Å². The van der Waals surface area contributed by atoms with Crippen molar-refractivity contribution < 1.29 is 0 Å². The molecule has 21 heavy (non-hydrogen) atoms. The lowest BCUT2D eigenvalue weighted by atomic mass is 10.3. The fourth-order valence-electron chi connectivity index (χ4n) is 2.21. The van der Waals surface area contributed by atoms with Crippen molar-refractivity contribution in [1.29, 1.82) is 0 Å². The zero-order valence-electron chi connectivity index (χ0n) is 12.9. The highest BCUT2D eigenvalue weighted by atomic mass is 32.1. The normalized spacial score (nSPS) is 11.0. The molecule has 0 radical (unpaired) electrons. The predicted octanol–water partition coefficient (Wildman–Crippen LogP) is 2.71. The summed E-state index contributed by atoms with van der Waals surface area (Å²) in [5.41, 5.74) is 1.04. The summed E-state index contributed by atoms with van der Waals surface area (Å²) in [7, 11) is 4.16. The molecule has 0 unspecified atom stereocenters. The summed E-state index contributed by atoms with van der Waals surface area (Å²) in [5, 5.41) is 7.36. The number of aromatic amines is 1. The second kappa shape index (κ2) is 7.38. The number of hydrogen-bond acceptors (Lipinski definition) is 4. The van der Waals surface area contributed by atoms with Crippen LogP contribution in [0.5, 0.6) is 0 Å². The Bertz CT molecular complexity index is 602. The summed E-state index contributed by atoms with van der Waals surface area (Å²) >= 11 is 5.40. The molecule has 114 valence electrons. The van der Waals surface area contributed by atoms with E-state index < -0.39 is 0 Å². The number of benzene rings is 1. The van der Waals surface area contributed by atoms with Crippen LogP contribution in [-0.2, 0) is 0 Å². The van der Waals surface area contributed by atoms with Gasteiger partial charge in [-0.1, -0.05) is 25.1 Å². The van der Waals surface area contributed by atoms with Gasteiger partial charge < -0.3 is 9.80 Å². The first-order chi connectivity index (χ1) is 10.1. The van der Waals surface area contributed by atoms with E-state index in [2.05, 4.69) is 41.0 Å². The molecule has 2 rings (SSSR count). The molecular formula is C15H23N5S. The molecule has 1 aromatic carbocycles. The van der Waals surface area contributed by atoms with Crippen LogP contribution in [0.1, 0.15) is 13.3 Å². The van der Waals surface area contributed by atoms with E-state index >= 15 is 0 Å². The molecule has 0 aliphatic rings. The fraction of sp³-hybridized carbons (Fsp3) is 0.467. The van der Waals surface area contributed by atoms with E-state index in [9.17, 15) is 0 Å². The summed E-state index contributed by atoms with van der Waals surface area (Å²) in [6, 6.07) is 10.1. The molecule has 0 aliphatic carbocycles. The molecule has 1 N–H and O–H groups in total. The molecule has 0 atom stereocenters. The molecule has 0 aliphatic heterocycles. The van der Waals surface area contributed by atoms with Gasteiger partial charge in [0.1, 0.15) is 0 Å². The average Bonchev–Trinajstić information content (AvgIpc) is 2.86. The van der Waals surface area contributed by atoms with E-state index in [-0.39, 0.29) is 0 Å². The fourth-order valence-corrected chi connectivity index (χ4v) is 2.45. The molecule has 2 aromatic rings. The maximum Gasteiger partial charge on any atom is 0.230 e. The van der Waals surface area contributed by atoms with Crippen LogP contribution in [0, 0.1) is 4.77 Å². The summed E-state index contributed by atoms with van der Waals surface area (Å²) in [5.74, 6) is 0.884. The number of H-pyrrole nitrogens is 1. The number of likely N-dealkylation sites (N-methyl/N-ethyl adjacent to an activating group) is 1. The molecule has 1 heterocycles. The molecule has 0 amide bonds. The summed E-state index contributed by atoms with van der Waals surface area (Å²) in [6.45, 7) is 5.04. The Morgan fingerprint density at radius 1 is 1.14 bits per heavy atom. The number of hydrogen-bond donors (Lipinski definition) is 1. The zero-order chi connectivity index (χ0) is 15.2. The summed E-state index contributed by atoms with van der Waals surface area (Å²) in [6.07, 6.45) is 1.07. The van der Waals surface area contributed by atoms with E-state index in [1.807, 2.05) is 34.9 Å². The van der Waals surface area contributed by atoms with Gasteiger partial charge in [0.25, 0.3) is 0 Å². The average molecular weight is 305 g/mol. The monoisotopic (exact) mass is 305 g/mol. The van der Waals surface area contributed by atoms with Crippen LogP contribution in [0.2, 0.25) is 0 Å². The maximum absolute atomic E-state index is 5.40. The van der Waals surface area contributed by atoms with Crippen LogP contribution in [0.3, 0.4) is 0 Å². The Kier molecular flexibility index (Phi) is 5.52. The van der Waals surface area contributed by atoms with Crippen molar-refractivity contribution in [3.05, 3.63) is 35.1 Å². The number of nitrogens with zero attached hydrogens (tertiary/aromatic N) is 4. The number of anilines is 1. The van der Waals surface area contributed by atoms with Crippen LogP contribution in [0.4, 0.5) is 5.95 Å². The third kappa shape index (κ3) is 3.92. The Morgan fingerprint density at radius 3 is 2.48 bits per heavy atom. The largest absolute Gasteiger partial charge is 0.339 e. The van der Waals surface area contributed by atoms with Crippen molar-refractivity contribution in [1.82, 2.24) is 19.7 Å². The van der Waals surface area contributed by atoms with Gasteiger partial charge in [-0.05, 0) is 44.9 Å². The molecule has 0 fully saturated rings. The third-order valence-electron chi connectivity index (χ3n) is 3.26. The lowest BCUT2D eigenvalue weighted by Crippen LogP contribution is -2.34. The van der Waals surface area contributed by atoms with Gasteiger partial charge in [0.2, 0.25) is 10.7 Å². The van der Waals surface area contributed by atoms with Crippen molar-refractivity contribution >= 4 is 18.2 Å². The molecule has 5 nitrogen and oxygen atoms in total. The molecule has 1 aromatic heterocycles. The maximum atomic E-state index is 5.40. The van der Waals surface area contributed by atoms with Gasteiger partial charge in [0.05, 0.1) is 5.69 Å². The molecule has 0 spiro atoms. The van der Waals surface area contributed by atoms with Crippen molar-refractivity contribution in [3.63, 3.8) is 0 Å². The topological polar surface area (TPSA) is 40.1 Å². The first kappa shape index (κ1) is 15.7. The van der Waals surface area contributed by atoms with Gasteiger partial charge in [-0.15, -0.1) is 5.10 Å². The SMILES string of the molecule is CCCN(CCN(C)C)c1n[nH]c(=S)n1-c1ccccc1. The van der Waals surface area contributed by atoms with E-state index in [0.29, 0.717) is 4.77 Å². The minimum absolute atomic E-state index is 0.627. The minimum atomic E-state index is 0.627. The Labute approximate surface area is 131 Å². The smallest absolute Gasteiger partial charge is 0.230 e. The molecule has 6 heteroatoms. The molecule has 0 saturated carbocycles. The number of nitrogens with one attached hydrogen (secondary N) is 1. The number of para-hydroxylation sites is 1. The summed E-state index contributed by atoms with van der Waals surface area (Å²) < 4.78 is 2.63. The second-order valence-corrected chi connectivity index (χ2v) is 5.68. The lowest BCUT2D eigenvalue weighted by molar-refractivity contribution is 0.411. The summed E-state index contributed by atoms with van der Waals surface area (Å²) in [4.78, 5) is 4.45. The lowest BCUT2D eigenvalue weighted by Gasteiger charge is -2.25. The molecule has 0 saturated heterocycles. The van der Waals surface area contributed by atoms with E-state index in [4.69, 9.17) is 12.2 Å². The van der Waals surface area contributed by atoms with E-state index in [0.717, 1.165) is 37.7 Å². The molecule has 0 bridgehead atoms. The van der Waals surface area contributed by atoms with E-state index in [1.165, 1.54) is 0 Å². The quantitative estimate of drug-likeness (QED) is 0.799. The van der Waals surface area contributed by atoms with Crippen molar-refractivity contribution in [2.24, 2.45) is 0 Å². The van der Waals surface area contributed by atoms with Crippen molar-refractivity contribution in [2.75, 3.05) is 38.6 Å². The van der Waals surface area contributed by atoms with Crippen molar-refractivity contribution in [3.8, 4) is 5.69 Å². The van der Waals surface area contributed by atoms with Gasteiger partial charge in [-0.3, -0.25) is 4.57 Å². The Morgan fingerprint density at radius 2 is 1.86 bits per heavy atom. The van der Waals surface area contributed by atoms with Gasteiger partial charge in [0, 0.05) is 19.6 Å². The Hall–Kier alpha value is -1.66. The first-order valence-corrected chi connectivity index (χ1v) is 7.66.